The standard InChI is InChI=1S/C10H11NOS/c1-6-2-3-9-10(7(6)4-12)8(11)5-13-9/h2-3,5,12H,4,11H2,1H3. The lowest BCUT2D eigenvalue weighted by molar-refractivity contribution is 0.282. The molecular formula is C10H11NOS. The minimum Gasteiger partial charge on any atom is -0.398 e. The molecule has 0 aliphatic rings. The van der Waals surface area contributed by atoms with E-state index in [4.69, 9.17) is 5.73 Å². The molecule has 2 aromatic rings. The first-order chi connectivity index (χ1) is 6.24. The van der Waals surface area contributed by atoms with Gasteiger partial charge in [-0.1, -0.05) is 6.07 Å². The molecule has 1 heterocycles. The molecule has 2 rings (SSSR count). The van der Waals surface area contributed by atoms with Crippen LogP contribution in [-0.4, -0.2) is 5.11 Å². The van der Waals surface area contributed by atoms with Crippen LogP contribution in [0.3, 0.4) is 0 Å². The van der Waals surface area contributed by atoms with Gasteiger partial charge in [0.15, 0.2) is 0 Å². The Morgan fingerprint density at radius 2 is 2.23 bits per heavy atom. The van der Waals surface area contributed by atoms with Crippen LogP contribution in [0.4, 0.5) is 5.69 Å². The van der Waals surface area contributed by atoms with Crippen molar-refractivity contribution in [3.63, 3.8) is 0 Å². The second-order valence-corrected chi connectivity index (χ2v) is 3.99. The lowest BCUT2D eigenvalue weighted by Gasteiger charge is -2.04. The Balaban J connectivity index is 2.88. The smallest absolute Gasteiger partial charge is 0.0691 e. The van der Waals surface area contributed by atoms with E-state index in [1.165, 1.54) is 0 Å². The van der Waals surface area contributed by atoms with Gasteiger partial charge < -0.3 is 10.8 Å². The number of thiophene rings is 1. The summed E-state index contributed by atoms with van der Waals surface area (Å²) >= 11 is 1.62. The summed E-state index contributed by atoms with van der Waals surface area (Å²) in [6.45, 7) is 2.05. The maximum absolute atomic E-state index is 9.21. The fourth-order valence-electron chi connectivity index (χ4n) is 1.53. The summed E-state index contributed by atoms with van der Waals surface area (Å²) in [5.41, 5.74) is 8.64. The molecule has 0 saturated carbocycles. The van der Waals surface area contributed by atoms with Crippen LogP contribution >= 0.6 is 11.3 Å². The quantitative estimate of drug-likeness (QED) is 0.730. The largest absolute Gasteiger partial charge is 0.398 e. The predicted molar refractivity (Wildman–Crippen MR) is 56.9 cm³/mol. The van der Waals surface area contributed by atoms with Gasteiger partial charge in [-0.15, -0.1) is 11.3 Å². The van der Waals surface area contributed by atoms with Crippen LogP contribution in [-0.2, 0) is 6.61 Å². The number of nitrogens with two attached hydrogens (primary N) is 1. The molecule has 0 saturated heterocycles. The monoisotopic (exact) mass is 193 g/mol. The number of aliphatic hydroxyl groups is 1. The number of rotatable bonds is 1. The zero-order chi connectivity index (χ0) is 9.42. The molecule has 3 heteroatoms. The van der Waals surface area contributed by atoms with Crippen molar-refractivity contribution in [2.24, 2.45) is 0 Å². The number of aryl methyl sites for hydroxylation is 1. The van der Waals surface area contributed by atoms with Crippen molar-refractivity contribution in [1.82, 2.24) is 0 Å². The number of nitrogen functional groups attached to an aromatic ring is 1. The SMILES string of the molecule is Cc1ccc2scc(N)c2c1CO. The minimum atomic E-state index is 0.0596. The molecule has 0 amide bonds. The van der Waals surface area contributed by atoms with Crippen molar-refractivity contribution in [3.05, 3.63) is 28.6 Å². The molecule has 0 aliphatic heterocycles. The van der Waals surface area contributed by atoms with Gasteiger partial charge in [0.25, 0.3) is 0 Å². The summed E-state index contributed by atoms with van der Waals surface area (Å²) in [5, 5.41) is 12.1. The van der Waals surface area contributed by atoms with Crippen LogP contribution in [0, 0.1) is 6.92 Å². The van der Waals surface area contributed by atoms with E-state index in [1.54, 1.807) is 11.3 Å². The van der Waals surface area contributed by atoms with Crippen LogP contribution in [0.25, 0.3) is 10.1 Å². The average Bonchev–Trinajstić information content (AvgIpc) is 2.49. The molecule has 3 N–H and O–H groups in total. The van der Waals surface area contributed by atoms with E-state index in [0.29, 0.717) is 0 Å². The molecule has 68 valence electrons. The van der Waals surface area contributed by atoms with Gasteiger partial charge in [0.2, 0.25) is 0 Å². The van der Waals surface area contributed by atoms with Crippen LogP contribution < -0.4 is 5.73 Å². The fraction of sp³-hybridized carbons (Fsp3) is 0.200. The van der Waals surface area contributed by atoms with Gasteiger partial charge in [-0.3, -0.25) is 0 Å². The summed E-state index contributed by atoms with van der Waals surface area (Å²) in [5.74, 6) is 0. The Kier molecular flexibility index (Phi) is 1.98. The average molecular weight is 193 g/mol. The number of fused-ring (bicyclic) bond motifs is 1. The topological polar surface area (TPSA) is 46.2 Å². The Morgan fingerprint density at radius 1 is 1.46 bits per heavy atom. The van der Waals surface area contributed by atoms with Gasteiger partial charge in [0.05, 0.1) is 12.3 Å². The summed E-state index contributed by atoms with van der Waals surface area (Å²) in [4.78, 5) is 0. The summed E-state index contributed by atoms with van der Waals surface area (Å²) < 4.78 is 1.15. The van der Waals surface area contributed by atoms with Gasteiger partial charge in [-0.25, -0.2) is 0 Å². The van der Waals surface area contributed by atoms with Crippen molar-refractivity contribution < 1.29 is 5.11 Å². The molecule has 0 spiro atoms. The first-order valence-corrected chi connectivity index (χ1v) is 4.98. The molecule has 0 aliphatic carbocycles. The molecule has 2 nitrogen and oxygen atoms in total. The van der Waals surface area contributed by atoms with Crippen molar-refractivity contribution in [2.45, 2.75) is 13.5 Å². The van der Waals surface area contributed by atoms with Crippen molar-refractivity contribution in [1.29, 1.82) is 0 Å². The van der Waals surface area contributed by atoms with Crippen LogP contribution in [0.15, 0.2) is 17.5 Å². The Morgan fingerprint density at radius 3 is 2.92 bits per heavy atom. The van der Waals surface area contributed by atoms with E-state index in [9.17, 15) is 5.11 Å². The van der Waals surface area contributed by atoms with Crippen LogP contribution in [0.5, 0.6) is 0 Å². The Labute approximate surface area is 80.6 Å². The van der Waals surface area contributed by atoms with Crippen molar-refractivity contribution >= 4 is 27.1 Å². The predicted octanol–water partition coefficient (Wildman–Crippen LogP) is 2.28. The lowest BCUT2D eigenvalue weighted by atomic mass is 10.0. The van der Waals surface area contributed by atoms with Crippen molar-refractivity contribution in [2.75, 3.05) is 5.73 Å². The van der Waals surface area contributed by atoms with E-state index in [1.807, 2.05) is 24.4 Å². The number of hydrogen-bond acceptors (Lipinski definition) is 3. The second kappa shape index (κ2) is 3.01. The highest BCUT2D eigenvalue weighted by Gasteiger charge is 2.07. The Bertz CT molecular complexity index is 447. The maximum Gasteiger partial charge on any atom is 0.0691 e. The van der Waals surface area contributed by atoms with Gasteiger partial charge in [-0.2, -0.15) is 0 Å². The maximum atomic E-state index is 9.21. The highest BCUT2D eigenvalue weighted by Crippen LogP contribution is 2.32. The zero-order valence-electron chi connectivity index (χ0n) is 7.37. The first kappa shape index (κ1) is 8.53. The second-order valence-electron chi connectivity index (χ2n) is 3.08. The third-order valence-electron chi connectivity index (χ3n) is 2.27. The molecule has 13 heavy (non-hydrogen) atoms. The molecule has 0 unspecified atom stereocenters. The van der Waals surface area contributed by atoms with E-state index in [2.05, 4.69) is 0 Å². The summed E-state index contributed by atoms with van der Waals surface area (Å²) in [6, 6.07) is 4.06. The summed E-state index contributed by atoms with van der Waals surface area (Å²) in [7, 11) is 0. The highest BCUT2D eigenvalue weighted by molar-refractivity contribution is 7.17. The Hall–Kier alpha value is -1.06. The first-order valence-electron chi connectivity index (χ1n) is 4.10. The summed E-state index contributed by atoms with van der Waals surface area (Å²) in [6.07, 6.45) is 0. The molecule has 0 fully saturated rings. The molecule has 1 aromatic carbocycles. The third kappa shape index (κ3) is 1.20. The van der Waals surface area contributed by atoms with Crippen molar-refractivity contribution in [3.8, 4) is 0 Å². The molecule has 0 bridgehead atoms. The number of hydrogen-bond donors (Lipinski definition) is 2. The number of benzene rings is 1. The third-order valence-corrected chi connectivity index (χ3v) is 3.23. The minimum absolute atomic E-state index is 0.0596. The molecular weight excluding hydrogens is 182 g/mol. The van der Waals surface area contributed by atoms with Crippen LogP contribution in [0.2, 0.25) is 0 Å². The van der Waals surface area contributed by atoms with Gasteiger partial charge in [0, 0.05) is 15.5 Å². The fourth-order valence-corrected chi connectivity index (χ4v) is 2.41. The molecule has 1 aromatic heterocycles. The van der Waals surface area contributed by atoms with E-state index in [0.717, 1.165) is 26.9 Å². The van der Waals surface area contributed by atoms with E-state index >= 15 is 0 Å². The normalized spacial score (nSPS) is 10.9. The van der Waals surface area contributed by atoms with E-state index < -0.39 is 0 Å². The van der Waals surface area contributed by atoms with E-state index in [-0.39, 0.29) is 6.61 Å². The van der Waals surface area contributed by atoms with Gasteiger partial charge in [0.1, 0.15) is 0 Å². The van der Waals surface area contributed by atoms with Crippen LogP contribution in [0.1, 0.15) is 11.1 Å². The molecule has 0 radical (unpaired) electrons. The lowest BCUT2D eigenvalue weighted by Crippen LogP contribution is -1.91. The zero-order valence-corrected chi connectivity index (χ0v) is 8.19. The van der Waals surface area contributed by atoms with Gasteiger partial charge >= 0.3 is 0 Å². The number of anilines is 1. The molecule has 0 atom stereocenters. The van der Waals surface area contributed by atoms with Gasteiger partial charge in [-0.05, 0) is 24.1 Å². The highest BCUT2D eigenvalue weighted by atomic mass is 32.1. The number of aliphatic hydroxyl groups excluding tert-OH is 1.